The predicted molar refractivity (Wildman–Crippen MR) is 64.1 cm³/mol. The first-order valence-corrected chi connectivity index (χ1v) is 9.40. The molecule has 0 radical (unpaired) electrons. The SMILES string of the molecule is CCOC(c1ccccc1)[Si](Cl)(Cl)Cl. The Morgan fingerprint density at radius 1 is 1.21 bits per heavy atom. The third-order valence-electron chi connectivity index (χ3n) is 1.73. The van der Waals surface area contributed by atoms with Crippen molar-refractivity contribution < 1.29 is 4.74 Å². The van der Waals surface area contributed by atoms with Crippen molar-refractivity contribution in [2.24, 2.45) is 0 Å². The molecular formula is C9H11Cl3OSi. The van der Waals surface area contributed by atoms with Crippen molar-refractivity contribution in [1.82, 2.24) is 0 Å². The van der Waals surface area contributed by atoms with E-state index in [1.807, 2.05) is 37.3 Å². The van der Waals surface area contributed by atoms with Gasteiger partial charge in [0.1, 0.15) is 5.73 Å². The minimum Gasteiger partial charge on any atom is -0.373 e. The van der Waals surface area contributed by atoms with Crippen LogP contribution in [0, 0.1) is 0 Å². The molecule has 0 heterocycles. The van der Waals surface area contributed by atoms with Gasteiger partial charge in [-0.1, -0.05) is 30.3 Å². The number of hydrogen-bond donors (Lipinski definition) is 0. The maximum Gasteiger partial charge on any atom is 0.373 e. The zero-order valence-corrected chi connectivity index (χ0v) is 11.0. The Bertz CT molecular complexity index is 273. The van der Waals surface area contributed by atoms with Crippen LogP contribution in [0.25, 0.3) is 0 Å². The Morgan fingerprint density at radius 3 is 2.21 bits per heavy atom. The average Bonchev–Trinajstić information content (AvgIpc) is 2.14. The van der Waals surface area contributed by atoms with Crippen LogP contribution < -0.4 is 0 Å². The van der Waals surface area contributed by atoms with Crippen LogP contribution in [0.3, 0.4) is 0 Å². The van der Waals surface area contributed by atoms with Gasteiger partial charge in [-0.15, -0.1) is 33.2 Å². The standard InChI is InChI=1S/C9H11Cl3OSi/c1-2-13-9(14(10,11)12)8-6-4-3-5-7-8/h3-7,9H,2H2,1H3. The molecule has 0 aliphatic heterocycles. The van der Waals surface area contributed by atoms with E-state index in [1.54, 1.807) is 0 Å². The molecule has 1 rings (SSSR count). The molecule has 0 amide bonds. The van der Waals surface area contributed by atoms with Gasteiger partial charge in [-0.05, 0) is 12.5 Å². The van der Waals surface area contributed by atoms with Gasteiger partial charge in [-0.25, -0.2) is 0 Å². The summed E-state index contributed by atoms with van der Waals surface area (Å²) < 4.78 is 5.46. The second kappa shape index (κ2) is 5.38. The molecule has 0 aliphatic carbocycles. The summed E-state index contributed by atoms with van der Waals surface area (Å²) in [6.45, 7) is 2.43. The highest BCUT2D eigenvalue weighted by molar-refractivity contribution is 7.65. The van der Waals surface area contributed by atoms with Crippen LogP contribution in [0.15, 0.2) is 30.3 Å². The van der Waals surface area contributed by atoms with Crippen LogP contribution in [0.4, 0.5) is 0 Å². The van der Waals surface area contributed by atoms with Crippen molar-refractivity contribution in [3.8, 4) is 0 Å². The van der Waals surface area contributed by atoms with E-state index in [-0.39, 0.29) is 5.73 Å². The van der Waals surface area contributed by atoms with Crippen LogP contribution in [0.5, 0.6) is 0 Å². The Balaban J connectivity index is 2.89. The van der Waals surface area contributed by atoms with Crippen molar-refractivity contribution in [1.29, 1.82) is 0 Å². The molecule has 1 nitrogen and oxygen atoms in total. The lowest BCUT2D eigenvalue weighted by Crippen LogP contribution is -2.25. The summed E-state index contributed by atoms with van der Waals surface area (Å²) in [5.74, 6) is 0. The molecule has 0 N–H and O–H groups in total. The molecule has 1 aromatic carbocycles. The number of hydrogen-bond acceptors (Lipinski definition) is 1. The molecule has 14 heavy (non-hydrogen) atoms. The summed E-state index contributed by atoms with van der Waals surface area (Å²) >= 11 is 17.9. The Hall–Kier alpha value is 0.267. The molecule has 0 spiro atoms. The molecule has 0 saturated carbocycles. The number of halogens is 3. The third kappa shape index (κ3) is 3.44. The fraction of sp³-hybridized carbons (Fsp3) is 0.333. The Kier molecular flexibility index (Phi) is 4.74. The highest BCUT2D eigenvalue weighted by Crippen LogP contribution is 2.37. The molecule has 1 atom stereocenters. The van der Waals surface area contributed by atoms with Crippen molar-refractivity contribution >= 4 is 39.2 Å². The summed E-state index contributed by atoms with van der Waals surface area (Å²) in [6, 6.07) is 6.71. The first kappa shape index (κ1) is 12.3. The van der Waals surface area contributed by atoms with E-state index in [0.717, 1.165) is 5.56 Å². The molecule has 1 unspecified atom stereocenters. The lowest BCUT2D eigenvalue weighted by atomic mass is 10.2. The topological polar surface area (TPSA) is 9.23 Å². The second-order valence-electron chi connectivity index (χ2n) is 2.79. The highest BCUT2D eigenvalue weighted by atomic mass is 35.8. The van der Waals surface area contributed by atoms with Gasteiger partial charge in [-0.3, -0.25) is 0 Å². The van der Waals surface area contributed by atoms with E-state index < -0.39 is 6.00 Å². The van der Waals surface area contributed by atoms with E-state index in [0.29, 0.717) is 6.61 Å². The summed E-state index contributed by atoms with van der Waals surface area (Å²) in [5.41, 5.74) is 0.555. The summed E-state index contributed by atoms with van der Waals surface area (Å²) in [5, 5.41) is 0. The van der Waals surface area contributed by atoms with Crippen molar-refractivity contribution in [2.75, 3.05) is 6.61 Å². The third-order valence-corrected chi connectivity index (χ3v) is 4.61. The van der Waals surface area contributed by atoms with Crippen molar-refractivity contribution in [3.63, 3.8) is 0 Å². The lowest BCUT2D eigenvalue weighted by molar-refractivity contribution is 0.117. The predicted octanol–water partition coefficient (Wildman–Crippen LogP) is 3.96. The molecule has 0 bridgehead atoms. The van der Waals surface area contributed by atoms with Gasteiger partial charge in [0, 0.05) is 6.61 Å². The smallest absolute Gasteiger partial charge is 0.373 e. The van der Waals surface area contributed by atoms with Gasteiger partial charge in [0.2, 0.25) is 0 Å². The van der Waals surface area contributed by atoms with Gasteiger partial charge in [0.05, 0.1) is 0 Å². The summed E-state index contributed by atoms with van der Waals surface area (Å²) in [4.78, 5) is 0. The summed E-state index contributed by atoms with van der Waals surface area (Å²) in [7, 11) is 0. The minimum atomic E-state index is -2.85. The Labute approximate surface area is 99.0 Å². The normalized spacial score (nSPS) is 14.0. The quantitative estimate of drug-likeness (QED) is 0.594. The molecule has 0 fully saturated rings. The fourth-order valence-electron chi connectivity index (χ4n) is 1.17. The van der Waals surface area contributed by atoms with Gasteiger partial charge in [-0.2, -0.15) is 0 Å². The fourth-order valence-corrected chi connectivity index (χ4v) is 3.80. The lowest BCUT2D eigenvalue weighted by Gasteiger charge is -2.22. The number of rotatable bonds is 4. The molecule has 0 saturated heterocycles. The molecule has 78 valence electrons. The average molecular weight is 270 g/mol. The van der Waals surface area contributed by atoms with Crippen LogP contribution >= 0.6 is 33.2 Å². The zero-order valence-electron chi connectivity index (χ0n) is 7.71. The van der Waals surface area contributed by atoms with Gasteiger partial charge < -0.3 is 4.74 Å². The van der Waals surface area contributed by atoms with Gasteiger partial charge >= 0.3 is 6.00 Å². The van der Waals surface area contributed by atoms with Gasteiger partial charge in [0.15, 0.2) is 0 Å². The van der Waals surface area contributed by atoms with E-state index in [2.05, 4.69) is 0 Å². The van der Waals surface area contributed by atoms with E-state index in [4.69, 9.17) is 38.0 Å². The van der Waals surface area contributed by atoms with E-state index in [9.17, 15) is 0 Å². The van der Waals surface area contributed by atoms with E-state index >= 15 is 0 Å². The van der Waals surface area contributed by atoms with Crippen LogP contribution in [-0.4, -0.2) is 12.6 Å². The monoisotopic (exact) mass is 268 g/mol. The maximum absolute atomic E-state index is 5.96. The van der Waals surface area contributed by atoms with E-state index in [1.165, 1.54) is 0 Å². The zero-order chi connectivity index (χ0) is 10.6. The maximum atomic E-state index is 5.96. The minimum absolute atomic E-state index is 0.376. The molecule has 0 aliphatic rings. The first-order chi connectivity index (χ1) is 6.55. The Morgan fingerprint density at radius 2 is 1.79 bits per heavy atom. The van der Waals surface area contributed by atoms with Crippen molar-refractivity contribution in [3.05, 3.63) is 35.9 Å². The van der Waals surface area contributed by atoms with Crippen LogP contribution in [0.2, 0.25) is 0 Å². The molecule has 0 aromatic heterocycles. The molecular weight excluding hydrogens is 259 g/mol. The number of benzene rings is 1. The van der Waals surface area contributed by atoms with Crippen LogP contribution in [0.1, 0.15) is 18.2 Å². The largest absolute Gasteiger partial charge is 0.373 e. The highest BCUT2D eigenvalue weighted by Gasteiger charge is 2.38. The second-order valence-corrected chi connectivity index (χ2v) is 11.5. The van der Waals surface area contributed by atoms with Crippen LogP contribution in [-0.2, 0) is 4.74 Å². The van der Waals surface area contributed by atoms with Gasteiger partial charge in [0.25, 0.3) is 0 Å². The first-order valence-electron chi connectivity index (χ1n) is 4.29. The molecule has 5 heteroatoms. The number of ether oxygens (including phenoxy) is 1. The molecule has 1 aromatic rings. The summed E-state index contributed by atoms with van der Waals surface area (Å²) in [6.07, 6.45) is 0. The van der Waals surface area contributed by atoms with Crippen molar-refractivity contribution in [2.45, 2.75) is 12.7 Å².